The van der Waals surface area contributed by atoms with Crippen LogP contribution >= 0.6 is 0 Å². The van der Waals surface area contributed by atoms with E-state index in [9.17, 15) is 15.3 Å². The number of phenols is 3. The molecule has 0 unspecified atom stereocenters. The quantitative estimate of drug-likeness (QED) is 0.137. The Morgan fingerprint density at radius 2 is 1.27 bits per heavy atom. The van der Waals surface area contributed by atoms with Gasteiger partial charge in [0, 0.05) is 37.0 Å². The monoisotopic (exact) mass is 590 g/mol. The minimum absolute atomic E-state index is 0. The normalized spacial score (nSPS) is 11.9. The molecular weight excluding hydrogens is 542 g/mol. The Labute approximate surface area is 252 Å². The Hall–Kier alpha value is -2.83. The molecule has 0 heterocycles. The molecule has 3 rings (SSSR count). The zero-order valence-corrected chi connectivity index (χ0v) is 26.5. The third-order valence-corrected chi connectivity index (χ3v) is 6.00. The number of benzene rings is 3. The van der Waals surface area contributed by atoms with Crippen molar-refractivity contribution in [3.8, 4) is 17.2 Å². The molecule has 0 bridgehead atoms. The Balaban J connectivity index is 0.00000291. The second-order valence-corrected chi connectivity index (χ2v) is 9.75. The van der Waals surface area contributed by atoms with Crippen LogP contribution < -0.4 is 5.32 Å². The maximum atomic E-state index is 10.2. The molecule has 0 radical (unpaired) electrons. The number of nitrogens with zero attached hydrogens (tertiary/aromatic N) is 2. The standard InChI is InChI=1S/C29H36N3O3.2C2H6.Fe/c1-20-5-8-26(33)23(11-20)14-30-17-29(4,18-31-15-24-12-21(2)6-9-27(24)34)19-32-16-25-13-22(3)7-10-28(25)35;2*1-2;/h5-14,31,33-35H,15-19H2,1-4H3;2*1-2H3;/q-1;;;+4/t29-;;;/m0.../s1. The number of nitrogens with one attached hydrogen (secondary N) is 1. The molecule has 0 aliphatic rings. The Morgan fingerprint density at radius 3 is 1.88 bits per heavy atom. The number of hydrogen-bond acceptors (Lipinski definition) is 5. The van der Waals surface area contributed by atoms with Crippen LogP contribution in [0.5, 0.6) is 17.2 Å². The minimum atomic E-state index is -0.311. The summed E-state index contributed by atoms with van der Waals surface area (Å²) in [5.74, 6) is 0.730. The molecule has 218 valence electrons. The first-order valence-electron chi connectivity index (χ1n) is 13.9. The smallest absolute Gasteiger partial charge is 0.658 e. The van der Waals surface area contributed by atoms with Crippen LogP contribution in [0.2, 0.25) is 0 Å². The van der Waals surface area contributed by atoms with Crippen LogP contribution in [-0.2, 0) is 30.2 Å². The van der Waals surface area contributed by atoms with Gasteiger partial charge in [0.25, 0.3) is 0 Å². The van der Waals surface area contributed by atoms with Crippen molar-refractivity contribution in [2.24, 2.45) is 10.4 Å². The van der Waals surface area contributed by atoms with Gasteiger partial charge >= 0.3 is 17.1 Å². The van der Waals surface area contributed by atoms with Crippen molar-refractivity contribution in [3.05, 3.63) is 93.3 Å². The van der Waals surface area contributed by atoms with Gasteiger partial charge in [0.1, 0.15) is 17.2 Å². The van der Waals surface area contributed by atoms with Crippen LogP contribution in [0, 0.1) is 26.2 Å². The summed E-state index contributed by atoms with van der Waals surface area (Å²) in [7, 11) is 0. The molecule has 0 saturated heterocycles. The van der Waals surface area contributed by atoms with Crippen LogP contribution in [0.4, 0.5) is 0 Å². The Bertz CT molecular complexity index is 1120. The van der Waals surface area contributed by atoms with E-state index in [1.165, 1.54) is 0 Å². The number of phenolic OH excluding ortho intramolecular Hbond substituents is 3. The van der Waals surface area contributed by atoms with Crippen molar-refractivity contribution >= 4 is 6.21 Å². The minimum Gasteiger partial charge on any atom is -0.658 e. The van der Waals surface area contributed by atoms with Crippen LogP contribution in [-0.4, -0.2) is 41.2 Å². The average molecular weight is 591 g/mol. The van der Waals surface area contributed by atoms with E-state index in [1.54, 1.807) is 24.4 Å². The number of aryl methyl sites for hydroxylation is 3. The van der Waals surface area contributed by atoms with E-state index < -0.39 is 0 Å². The van der Waals surface area contributed by atoms with Crippen LogP contribution in [0.25, 0.3) is 5.32 Å². The van der Waals surface area contributed by atoms with E-state index in [4.69, 9.17) is 5.32 Å². The van der Waals surface area contributed by atoms with Crippen molar-refractivity contribution in [1.82, 2.24) is 5.32 Å². The van der Waals surface area contributed by atoms with E-state index >= 15 is 0 Å². The van der Waals surface area contributed by atoms with Gasteiger partial charge in [-0.3, -0.25) is 4.99 Å². The molecule has 40 heavy (non-hydrogen) atoms. The summed E-state index contributed by atoms with van der Waals surface area (Å²) in [6.45, 7) is 18.7. The fourth-order valence-electron chi connectivity index (χ4n) is 3.95. The van der Waals surface area contributed by atoms with Crippen molar-refractivity contribution in [1.29, 1.82) is 0 Å². The first kappa shape index (κ1) is 37.2. The molecule has 0 saturated carbocycles. The summed E-state index contributed by atoms with van der Waals surface area (Å²) < 4.78 is 0. The third kappa shape index (κ3) is 12.6. The average Bonchev–Trinajstić information content (AvgIpc) is 2.92. The Kier molecular flexibility index (Phi) is 17.9. The molecular formula is C33H48FeN3O3+3. The maximum absolute atomic E-state index is 10.2. The summed E-state index contributed by atoms with van der Waals surface area (Å²) in [4.78, 5) is 4.65. The van der Waals surface area contributed by atoms with E-state index in [2.05, 4.69) is 17.2 Å². The van der Waals surface area contributed by atoms with Gasteiger partial charge in [-0.05, 0) is 56.0 Å². The van der Waals surface area contributed by atoms with Gasteiger partial charge in [0.15, 0.2) is 0 Å². The second-order valence-electron chi connectivity index (χ2n) is 9.75. The molecule has 0 spiro atoms. The third-order valence-electron chi connectivity index (χ3n) is 6.00. The predicted octanol–water partition coefficient (Wildman–Crippen LogP) is 7.57. The van der Waals surface area contributed by atoms with Crippen molar-refractivity contribution in [3.63, 3.8) is 0 Å². The summed E-state index contributed by atoms with van der Waals surface area (Å²) in [6.07, 6.45) is 1.71. The van der Waals surface area contributed by atoms with Crippen LogP contribution in [0.1, 0.15) is 68.0 Å². The van der Waals surface area contributed by atoms with Crippen molar-refractivity contribution in [2.45, 2.75) is 68.5 Å². The molecule has 6 nitrogen and oxygen atoms in total. The van der Waals surface area contributed by atoms with E-state index in [-0.39, 0.29) is 39.7 Å². The summed E-state index contributed by atoms with van der Waals surface area (Å²) >= 11 is 0. The first-order valence-corrected chi connectivity index (χ1v) is 13.9. The molecule has 0 amide bonds. The van der Waals surface area contributed by atoms with Crippen molar-refractivity contribution < 1.29 is 32.4 Å². The molecule has 7 heteroatoms. The molecule has 3 aromatic rings. The largest absolute Gasteiger partial charge is 4.00 e. The fourth-order valence-corrected chi connectivity index (χ4v) is 3.95. The Morgan fingerprint density at radius 1 is 0.775 bits per heavy atom. The van der Waals surface area contributed by atoms with Gasteiger partial charge in [-0.1, -0.05) is 81.6 Å². The second kappa shape index (κ2) is 19.3. The SMILES string of the molecule is CC.CC.Cc1ccc(O)c(C=NC[C@](C)(C[N-]Cc2cc(C)ccc2O)CNCc2cc(C)ccc2O)c1.[Fe+4]. The van der Waals surface area contributed by atoms with E-state index in [0.29, 0.717) is 38.3 Å². The molecule has 4 N–H and O–H groups in total. The van der Waals surface area contributed by atoms with Crippen LogP contribution in [0.15, 0.2) is 59.6 Å². The van der Waals surface area contributed by atoms with Gasteiger partial charge in [0.05, 0.1) is 0 Å². The van der Waals surface area contributed by atoms with E-state index in [1.807, 2.05) is 84.9 Å². The van der Waals surface area contributed by atoms with Gasteiger partial charge in [-0.2, -0.15) is 0 Å². The number of hydrogen-bond donors (Lipinski definition) is 4. The fraction of sp³-hybridized carbons (Fsp3) is 0.424. The number of aliphatic imine (C=N–C) groups is 1. The van der Waals surface area contributed by atoms with Crippen molar-refractivity contribution in [2.75, 3.05) is 19.6 Å². The van der Waals surface area contributed by atoms with Gasteiger partial charge in [0.2, 0.25) is 0 Å². The van der Waals surface area contributed by atoms with Gasteiger partial charge in [-0.15, -0.1) is 13.1 Å². The molecule has 0 aromatic heterocycles. The molecule has 0 aliphatic heterocycles. The zero-order valence-electron chi connectivity index (χ0n) is 25.4. The molecule has 0 aliphatic carbocycles. The number of rotatable bonds is 11. The first-order chi connectivity index (χ1) is 18.6. The molecule has 0 fully saturated rings. The topological polar surface area (TPSA) is 99.2 Å². The van der Waals surface area contributed by atoms with E-state index in [0.717, 1.165) is 27.8 Å². The van der Waals surface area contributed by atoms with Gasteiger partial charge < -0.3 is 26.0 Å². The predicted molar refractivity (Wildman–Crippen MR) is 165 cm³/mol. The van der Waals surface area contributed by atoms with Gasteiger partial charge in [-0.25, -0.2) is 0 Å². The summed E-state index contributed by atoms with van der Waals surface area (Å²) in [5.41, 5.74) is 5.26. The number of aromatic hydroxyl groups is 3. The molecule has 1 atom stereocenters. The van der Waals surface area contributed by atoms with Crippen LogP contribution in [0.3, 0.4) is 0 Å². The maximum Gasteiger partial charge on any atom is 4.00 e. The summed E-state index contributed by atoms with van der Waals surface area (Å²) in [6, 6.07) is 16.6. The molecule has 3 aromatic carbocycles. The summed E-state index contributed by atoms with van der Waals surface area (Å²) in [5, 5.41) is 38.7. The zero-order chi connectivity index (χ0) is 29.4.